The summed E-state index contributed by atoms with van der Waals surface area (Å²) in [5.41, 5.74) is 3.63. The van der Waals surface area contributed by atoms with E-state index >= 15 is 0 Å². The van der Waals surface area contributed by atoms with Crippen molar-refractivity contribution in [1.29, 1.82) is 0 Å². The summed E-state index contributed by atoms with van der Waals surface area (Å²) >= 11 is 0. The Hall–Kier alpha value is -2.33. The number of rotatable bonds is 8. The molecule has 2 rings (SSSR count). The van der Waals surface area contributed by atoms with Gasteiger partial charge in [0.05, 0.1) is 20.6 Å². The van der Waals surface area contributed by atoms with Gasteiger partial charge in [-0.25, -0.2) is 0 Å². The second kappa shape index (κ2) is 9.23. The molecule has 0 radical (unpaired) electrons. The van der Waals surface area contributed by atoms with E-state index in [1.165, 1.54) is 21.7 Å². The third-order valence-electron chi connectivity index (χ3n) is 4.50. The number of hydrogen-bond donors (Lipinski definition) is 2. The highest BCUT2D eigenvalue weighted by Gasteiger charge is 2.18. The highest BCUT2D eigenvalue weighted by molar-refractivity contribution is 5.76. The molecule has 2 aromatic carbocycles. The second-order valence-electron chi connectivity index (χ2n) is 6.91. The van der Waals surface area contributed by atoms with Crippen LogP contribution in [0.4, 0.5) is 5.69 Å². The van der Waals surface area contributed by atoms with Gasteiger partial charge in [-0.2, -0.15) is 0 Å². The molecule has 4 nitrogen and oxygen atoms in total. The smallest absolute Gasteiger partial charge is 0.220 e. The molecule has 0 aromatic heterocycles. The van der Waals surface area contributed by atoms with E-state index in [0.717, 1.165) is 6.42 Å². The van der Waals surface area contributed by atoms with E-state index in [9.17, 15) is 4.79 Å². The zero-order chi connectivity index (χ0) is 18.2. The van der Waals surface area contributed by atoms with Gasteiger partial charge in [0, 0.05) is 31.8 Å². The maximum atomic E-state index is 12.2. The van der Waals surface area contributed by atoms with Crippen LogP contribution >= 0.6 is 0 Å². The summed E-state index contributed by atoms with van der Waals surface area (Å²) in [4.78, 5) is 15.6. The summed E-state index contributed by atoms with van der Waals surface area (Å²) in [6.45, 7) is 0.650. The molecule has 2 aromatic rings. The maximum absolute atomic E-state index is 12.2. The van der Waals surface area contributed by atoms with Gasteiger partial charge in [0.15, 0.2) is 0 Å². The van der Waals surface area contributed by atoms with Gasteiger partial charge in [0.1, 0.15) is 6.04 Å². The number of anilines is 1. The molecular formula is C21H30N3O+. The second-order valence-corrected chi connectivity index (χ2v) is 6.91. The van der Waals surface area contributed by atoms with Crippen molar-refractivity contribution in [3.63, 3.8) is 0 Å². The van der Waals surface area contributed by atoms with Gasteiger partial charge in [-0.1, -0.05) is 42.5 Å². The minimum atomic E-state index is 0.111. The molecule has 25 heavy (non-hydrogen) atoms. The molecular weight excluding hydrogens is 310 g/mol. The third-order valence-corrected chi connectivity index (χ3v) is 4.50. The summed E-state index contributed by atoms with van der Waals surface area (Å²) in [5, 5.41) is 3.10. The normalized spacial score (nSPS) is 12.0. The molecule has 0 saturated heterocycles. The van der Waals surface area contributed by atoms with Crippen LogP contribution in [0.5, 0.6) is 0 Å². The van der Waals surface area contributed by atoms with E-state index in [1.807, 2.05) is 32.3 Å². The fraction of sp³-hybridized carbons (Fsp3) is 0.381. The van der Waals surface area contributed by atoms with E-state index in [2.05, 4.69) is 60.7 Å². The lowest BCUT2D eigenvalue weighted by Crippen LogP contribution is -3.07. The summed E-state index contributed by atoms with van der Waals surface area (Å²) in [6.07, 6.45) is 1.31. The first-order chi connectivity index (χ1) is 12.0. The molecule has 1 amide bonds. The first kappa shape index (κ1) is 19.0. The van der Waals surface area contributed by atoms with E-state index in [4.69, 9.17) is 0 Å². The largest absolute Gasteiger partial charge is 0.378 e. The van der Waals surface area contributed by atoms with Crippen molar-refractivity contribution in [3.8, 4) is 0 Å². The number of benzene rings is 2. The average Bonchev–Trinajstić information content (AvgIpc) is 2.61. The minimum Gasteiger partial charge on any atom is -0.378 e. The fourth-order valence-corrected chi connectivity index (χ4v) is 2.87. The molecule has 0 unspecified atom stereocenters. The summed E-state index contributed by atoms with van der Waals surface area (Å²) in [7, 11) is 8.33. The van der Waals surface area contributed by atoms with Crippen molar-refractivity contribution in [3.05, 3.63) is 65.7 Å². The van der Waals surface area contributed by atoms with Crippen molar-refractivity contribution in [2.75, 3.05) is 39.6 Å². The fourth-order valence-electron chi connectivity index (χ4n) is 2.87. The Labute approximate surface area is 151 Å². The predicted octanol–water partition coefficient (Wildman–Crippen LogP) is 1.69. The lowest BCUT2D eigenvalue weighted by atomic mass is 10.0. The number of quaternary nitrogens is 1. The van der Waals surface area contributed by atoms with Crippen LogP contribution in [0.2, 0.25) is 0 Å². The molecule has 0 aliphatic rings. The lowest BCUT2D eigenvalue weighted by Gasteiger charge is -2.23. The van der Waals surface area contributed by atoms with Crippen LogP contribution < -0.4 is 15.1 Å². The Morgan fingerprint density at radius 2 is 1.68 bits per heavy atom. The van der Waals surface area contributed by atoms with Crippen LogP contribution in [0.3, 0.4) is 0 Å². The Balaban J connectivity index is 1.89. The number of likely N-dealkylation sites (N-methyl/N-ethyl adjacent to an activating group) is 1. The number of nitrogens with zero attached hydrogens (tertiary/aromatic N) is 1. The standard InChI is InChI=1S/C21H29N3O/c1-23(2)19-13-11-18(12-14-19)20(24(3)4)16-22-21(25)15-10-17-8-6-5-7-9-17/h5-9,11-14,20H,10,15-16H2,1-4H3,(H,22,25)/p+1/t20-/m1/s1. The summed E-state index contributed by atoms with van der Waals surface area (Å²) in [6, 6.07) is 19.0. The Kier molecular flexibility index (Phi) is 7.02. The van der Waals surface area contributed by atoms with Crippen LogP contribution in [-0.2, 0) is 11.2 Å². The molecule has 4 heteroatoms. The number of carbonyl (C=O) groups excluding carboxylic acids is 1. The van der Waals surface area contributed by atoms with E-state index in [0.29, 0.717) is 13.0 Å². The average molecular weight is 340 g/mol. The Bertz CT molecular complexity index is 651. The molecule has 0 fully saturated rings. The molecule has 0 bridgehead atoms. The number of hydrogen-bond acceptors (Lipinski definition) is 2. The molecule has 0 aliphatic heterocycles. The number of aryl methyl sites for hydroxylation is 1. The van der Waals surface area contributed by atoms with Crippen molar-refractivity contribution in [1.82, 2.24) is 5.32 Å². The Morgan fingerprint density at radius 3 is 2.24 bits per heavy atom. The quantitative estimate of drug-likeness (QED) is 0.767. The molecule has 1 atom stereocenters. The van der Waals surface area contributed by atoms with Crippen molar-refractivity contribution >= 4 is 11.6 Å². The topological polar surface area (TPSA) is 36.8 Å². The van der Waals surface area contributed by atoms with Gasteiger partial charge in [-0.3, -0.25) is 4.79 Å². The van der Waals surface area contributed by atoms with Crippen LogP contribution in [0, 0.1) is 0 Å². The molecule has 0 spiro atoms. The zero-order valence-corrected chi connectivity index (χ0v) is 15.8. The Morgan fingerprint density at radius 1 is 1.04 bits per heavy atom. The van der Waals surface area contributed by atoms with Crippen LogP contribution in [0.25, 0.3) is 0 Å². The van der Waals surface area contributed by atoms with E-state index in [1.54, 1.807) is 0 Å². The van der Waals surface area contributed by atoms with Gasteiger partial charge < -0.3 is 15.1 Å². The molecule has 0 aliphatic carbocycles. The summed E-state index contributed by atoms with van der Waals surface area (Å²) in [5.74, 6) is 0.111. The minimum absolute atomic E-state index is 0.111. The lowest BCUT2D eigenvalue weighted by molar-refractivity contribution is -0.890. The molecule has 0 heterocycles. The number of carbonyl (C=O) groups is 1. The van der Waals surface area contributed by atoms with Crippen molar-refractivity contribution < 1.29 is 9.69 Å². The van der Waals surface area contributed by atoms with Gasteiger partial charge >= 0.3 is 0 Å². The maximum Gasteiger partial charge on any atom is 0.220 e. The predicted molar refractivity (Wildman–Crippen MR) is 104 cm³/mol. The van der Waals surface area contributed by atoms with Gasteiger partial charge in [0.2, 0.25) is 5.91 Å². The third kappa shape index (κ3) is 5.91. The van der Waals surface area contributed by atoms with Crippen molar-refractivity contribution in [2.24, 2.45) is 0 Å². The van der Waals surface area contributed by atoms with Gasteiger partial charge in [-0.05, 0) is 24.1 Å². The van der Waals surface area contributed by atoms with Crippen LogP contribution in [-0.4, -0.2) is 40.6 Å². The molecule has 134 valence electrons. The molecule has 2 N–H and O–H groups in total. The van der Waals surface area contributed by atoms with E-state index in [-0.39, 0.29) is 11.9 Å². The van der Waals surface area contributed by atoms with Gasteiger partial charge in [-0.15, -0.1) is 0 Å². The number of amides is 1. The summed E-state index contributed by atoms with van der Waals surface area (Å²) < 4.78 is 0. The molecule has 0 saturated carbocycles. The van der Waals surface area contributed by atoms with Crippen LogP contribution in [0.15, 0.2) is 54.6 Å². The highest BCUT2D eigenvalue weighted by Crippen LogP contribution is 2.16. The zero-order valence-electron chi connectivity index (χ0n) is 15.8. The first-order valence-corrected chi connectivity index (χ1v) is 8.85. The van der Waals surface area contributed by atoms with Gasteiger partial charge in [0.25, 0.3) is 0 Å². The first-order valence-electron chi connectivity index (χ1n) is 8.85. The van der Waals surface area contributed by atoms with Crippen molar-refractivity contribution in [2.45, 2.75) is 18.9 Å². The SMILES string of the molecule is CN(C)c1ccc([C@@H](CNC(=O)CCc2ccccc2)[NH+](C)C)cc1. The highest BCUT2D eigenvalue weighted by atomic mass is 16.1. The van der Waals surface area contributed by atoms with Crippen LogP contribution in [0.1, 0.15) is 23.6 Å². The van der Waals surface area contributed by atoms with E-state index < -0.39 is 0 Å². The monoisotopic (exact) mass is 340 g/mol. The number of nitrogens with one attached hydrogen (secondary N) is 2.